The number of halogens is 1. The van der Waals surface area contributed by atoms with Crippen LogP contribution in [0.4, 0.5) is 0 Å². The minimum Gasteiger partial charge on any atom is -0.349 e. The Hall–Kier alpha value is 0.200. The molecule has 9 heavy (non-hydrogen) atoms. The van der Waals surface area contributed by atoms with Crippen molar-refractivity contribution >= 4 is 28.5 Å². The Morgan fingerprint density at radius 2 is 2.11 bits per heavy atom. The Morgan fingerprint density at radius 3 is 2.22 bits per heavy atom. The first-order valence-electron chi connectivity index (χ1n) is 2.88. The summed E-state index contributed by atoms with van der Waals surface area (Å²) in [4.78, 5) is 12.5. The maximum absolute atomic E-state index is 10.9. The van der Waals surface area contributed by atoms with Crippen LogP contribution in [0.5, 0.6) is 0 Å². The molecule has 0 fully saturated rings. The van der Waals surface area contributed by atoms with Gasteiger partial charge in [-0.1, -0.05) is 29.5 Å². The van der Waals surface area contributed by atoms with Crippen LogP contribution in [0.2, 0.25) is 0 Å². The van der Waals surface area contributed by atoms with Gasteiger partial charge in [-0.15, -0.1) is 0 Å². The summed E-state index contributed by atoms with van der Waals surface area (Å²) in [5.74, 6) is 0.205. The van der Waals surface area contributed by atoms with Crippen molar-refractivity contribution in [3.05, 3.63) is 0 Å². The Labute approximate surface area is 69.7 Å². The van der Waals surface area contributed by atoms with Gasteiger partial charge in [0.1, 0.15) is 0 Å². The standard InChI is InChI=1S/C6H12INO/c1-5(7)4-6(9)8(2)3/h5H,4H2,1-3H3. The van der Waals surface area contributed by atoms with Crippen LogP contribution in [-0.4, -0.2) is 28.8 Å². The Morgan fingerprint density at radius 1 is 1.67 bits per heavy atom. The lowest BCUT2D eigenvalue weighted by molar-refractivity contribution is -0.128. The van der Waals surface area contributed by atoms with Crippen molar-refractivity contribution < 1.29 is 4.79 Å². The Bertz CT molecular complexity index is 101. The van der Waals surface area contributed by atoms with Gasteiger partial charge in [0.25, 0.3) is 0 Å². The second-order valence-corrected chi connectivity index (χ2v) is 4.40. The van der Waals surface area contributed by atoms with E-state index in [1.807, 2.05) is 6.92 Å². The van der Waals surface area contributed by atoms with E-state index < -0.39 is 0 Å². The van der Waals surface area contributed by atoms with Crippen LogP contribution in [-0.2, 0) is 4.79 Å². The van der Waals surface area contributed by atoms with E-state index in [0.717, 1.165) is 0 Å². The monoisotopic (exact) mass is 241 g/mol. The highest BCUT2D eigenvalue weighted by Crippen LogP contribution is 2.04. The number of hydrogen-bond acceptors (Lipinski definition) is 1. The van der Waals surface area contributed by atoms with Crippen LogP contribution in [0.15, 0.2) is 0 Å². The quantitative estimate of drug-likeness (QED) is 0.527. The number of amides is 1. The molecule has 0 aromatic carbocycles. The van der Waals surface area contributed by atoms with Crippen LogP contribution >= 0.6 is 22.6 Å². The maximum atomic E-state index is 10.9. The Kier molecular flexibility index (Phi) is 4.18. The highest BCUT2D eigenvalue weighted by atomic mass is 127. The molecular weight excluding hydrogens is 229 g/mol. The fourth-order valence-electron chi connectivity index (χ4n) is 0.423. The van der Waals surface area contributed by atoms with Crippen LogP contribution in [0.3, 0.4) is 0 Å². The van der Waals surface area contributed by atoms with Gasteiger partial charge < -0.3 is 4.90 Å². The molecule has 0 rings (SSSR count). The Balaban J connectivity index is 3.51. The third kappa shape index (κ3) is 4.69. The second-order valence-electron chi connectivity index (χ2n) is 2.27. The van der Waals surface area contributed by atoms with Gasteiger partial charge in [-0.3, -0.25) is 4.79 Å². The smallest absolute Gasteiger partial charge is 0.223 e. The van der Waals surface area contributed by atoms with Gasteiger partial charge in [-0.25, -0.2) is 0 Å². The number of alkyl halides is 1. The van der Waals surface area contributed by atoms with Crippen LogP contribution in [0.1, 0.15) is 13.3 Å². The molecule has 0 aromatic rings. The maximum Gasteiger partial charge on any atom is 0.223 e. The number of hydrogen-bond donors (Lipinski definition) is 0. The van der Waals surface area contributed by atoms with E-state index in [4.69, 9.17) is 0 Å². The van der Waals surface area contributed by atoms with Crippen molar-refractivity contribution in [2.45, 2.75) is 17.3 Å². The zero-order valence-corrected chi connectivity index (χ0v) is 8.18. The topological polar surface area (TPSA) is 20.3 Å². The highest BCUT2D eigenvalue weighted by molar-refractivity contribution is 14.1. The molecule has 0 aromatic heterocycles. The van der Waals surface area contributed by atoms with Gasteiger partial charge in [0, 0.05) is 24.4 Å². The summed E-state index contributed by atoms with van der Waals surface area (Å²) in [5, 5.41) is 0. The molecule has 0 saturated heterocycles. The van der Waals surface area contributed by atoms with Gasteiger partial charge in [0.2, 0.25) is 5.91 Å². The zero-order valence-electron chi connectivity index (χ0n) is 6.02. The number of carbonyl (C=O) groups is 1. The largest absolute Gasteiger partial charge is 0.349 e. The molecule has 54 valence electrons. The van der Waals surface area contributed by atoms with Gasteiger partial charge in [0.05, 0.1) is 0 Å². The average molecular weight is 241 g/mol. The lowest BCUT2D eigenvalue weighted by Gasteiger charge is -2.10. The summed E-state index contributed by atoms with van der Waals surface area (Å²) in [7, 11) is 3.56. The number of rotatable bonds is 2. The van der Waals surface area contributed by atoms with E-state index in [1.54, 1.807) is 19.0 Å². The van der Waals surface area contributed by atoms with E-state index in [1.165, 1.54) is 0 Å². The molecule has 0 saturated carbocycles. The predicted octanol–water partition coefficient (Wildman–Crippen LogP) is 1.29. The SMILES string of the molecule is CC(I)CC(=O)N(C)C. The zero-order chi connectivity index (χ0) is 7.44. The summed E-state index contributed by atoms with van der Waals surface area (Å²) < 4.78 is 0.442. The summed E-state index contributed by atoms with van der Waals surface area (Å²) in [6.45, 7) is 2.03. The highest BCUT2D eigenvalue weighted by Gasteiger charge is 2.06. The van der Waals surface area contributed by atoms with Crippen LogP contribution in [0.25, 0.3) is 0 Å². The first-order valence-corrected chi connectivity index (χ1v) is 4.13. The molecule has 2 nitrogen and oxygen atoms in total. The van der Waals surface area contributed by atoms with Crippen molar-refractivity contribution in [2.24, 2.45) is 0 Å². The number of nitrogens with zero attached hydrogens (tertiary/aromatic N) is 1. The minimum absolute atomic E-state index is 0.205. The van der Waals surface area contributed by atoms with E-state index in [-0.39, 0.29) is 5.91 Å². The van der Waals surface area contributed by atoms with Gasteiger partial charge in [-0.05, 0) is 0 Å². The summed E-state index contributed by atoms with van der Waals surface area (Å²) in [5.41, 5.74) is 0. The molecule has 0 bridgehead atoms. The fourth-order valence-corrected chi connectivity index (χ4v) is 0.800. The van der Waals surface area contributed by atoms with Crippen molar-refractivity contribution in [1.29, 1.82) is 0 Å². The molecule has 0 aliphatic rings. The van der Waals surface area contributed by atoms with Gasteiger partial charge in [0.15, 0.2) is 0 Å². The van der Waals surface area contributed by atoms with Crippen LogP contribution in [0, 0.1) is 0 Å². The first kappa shape index (κ1) is 9.20. The van der Waals surface area contributed by atoms with Crippen molar-refractivity contribution in [2.75, 3.05) is 14.1 Å². The van der Waals surface area contributed by atoms with Gasteiger partial charge >= 0.3 is 0 Å². The lowest BCUT2D eigenvalue weighted by Crippen LogP contribution is -2.23. The van der Waals surface area contributed by atoms with E-state index >= 15 is 0 Å². The third-order valence-electron chi connectivity index (χ3n) is 0.955. The molecule has 1 atom stereocenters. The molecule has 0 aliphatic carbocycles. The molecular formula is C6H12INO. The minimum atomic E-state index is 0.205. The predicted molar refractivity (Wildman–Crippen MR) is 46.8 cm³/mol. The molecule has 0 heterocycles. The summed E-state index contributed by atoms with van der Waals surface area (Å²) >= 11 is 2.24. The molecule has 1 unspecified atom stereocenters. The first-order chi connectivity index (χ1) is 4.04. The average Bonchev–Trinajstić information content (AvgIpc) is 1.63. The van der Waals surface area contributed by atoms with E-state index in [9.17, 15) is 4.79 Å². The van der Waals surface area contributed by atoms with E-state index in [0.29, 0.717) is 10.3 Å². The van der Waals surface area contributed by atoms with Gasteiger partial charge in [-0.2, -0.15) is 0 Å². The van der Waals surface area contributed by atoms with Crippen LogP contribution < -0.4 is 0 Å². The fraction of sp³-hybridized carbons (Fsp3) is 0.833. The van der Waals surface area contributed by atoms with Crippen molar-refractivity contribution in [3.63, 3.8) is 0 Å². The van der Waals surface area contributed by atoms with Crippen molar-refractivity contribution in [1.82, 2.24) is 4.90 Å². The molecule has 0 radical (unpaired) electrons. The normalized spacial score (nSPS) is 12.9. The molecule has 0 aliphatic heterocycles. The molecule has 0 spiro atoms. The summed E-state index contributed by atoms with van der Waals surface area (Å²) in [6, 6.07) is 0. The third-order valence-corrected chi connectivity index (χ3v) is 1.40. The summed E-state index contributed by atoms with van der Waals surface area (Å²) in [6.07, 6.45) is 0.646. The van der Waals surface area contributed by atoms with Crippen molar-refractivity contribution in [3.8, 4) is 0 Å². The molecule has 1 amide bonds. The van der Waals surface area contributed by atoms with E-state index in [2.05, 4.69) is 22.6 Å². The molecule has 3 heteroatoms. The number of carbonyl (C=O) groups excluding carboxylic acids is 1. The molecule has 0 N–H and O–H groups in total. The second kappa shape index (κ2) is 4.09. The lowest BCUT2D eigenvalue weighted by atomic mass is 10.3.